The minimum atomic E-state index is -3.91. The number of methoxy groups -OCH3 is 1. The van der Waals surface area contributed by atoms with Gasteiger partial charge in [-0.25, -0.2) is 8.42 Å². The number of aromatic nitrogens is 1. The summed E-state index contributed by atoms with van der Waals surface area (Å²) in [5.41, 5.74) is 1.25. The number of hydrogen-bond donors (Lipinski definition) is 0. The predicted octanol–water partition coefficient (Wildman–Crippen LogP) is 3.58. The molecule has 1 aliphatic heterocycles. The maximum absolute atomic E-state index is 13.6. The number of aryl methyl sites for hydroxylation is 2. The Labute approximate surface area is 232 Å². The van der Waals surface area contributed by atoms with Gasteiger partial charge in [-0.3, -0.25) is 14.6 Å². The topological polar surface area (TPSA) is 100 Å². The number of likely N-dealkylation sites (N-methyl/N-ethyl adjacent to an activating group) is 1. The number of amides is 1. The quantitative estimate of drug-likeness (QED) is 0.417. The Bertz CT molecular complexity index is 1280. The molecule has 2 aliphatic rings. The first-order valence-electron chi connectivity index (χ1n) is 13.6. The third-order valence-electron chi connectivity index (χ3n) is 8.30. The molecule has 2 heterocycles. The average molecular weight is 557 g/mol. The average Bonchev–Trinajstić information content (AvgIpc) is 3.73. The molecule has 4 rings (SSSR count). The van der Waals surface area contributed by atoms with Crippen LogP contribution in [-0.2, 0) is 19.6 Å². The molecule has 1 amide bonds. The van der Waals surface area contributed by atoms with Crippen molar-refractivity contribution in [2.45, 2.75) is 62.8 Å². The summed E-state index contributed by atoms with van der Waals surface area (Å²) >= 11 is 0. The van der Waals surface area contributed by atoms with E-state index in [1.807, 2.05) is 12.1 Å². The highest BCUT2D eigenvalue weighted by molar-refractivity contribution is 7.89. The molecule has 0 atom stereocenters. The van der Waals surface area contributed by atoms with E-state index >= 15 is 0 Å². The Morgan fingerprint density at radius 2 is 1.64 bits per heavy atom. The molecule has 1 aliphatic carbocycles. The van der Waals surface area contributed by atoms with Gasteiger partial charge in [0.1, 0.15) is 5.75 Å². The third-order valence-corrected chi connectivity index (χ3v) is 10.5. The van der Waals surface area contributed by atoms with Crippen LogP contribution < -0.4 is 9.64 Å². The number of Topliss-reactive ketones (excluding diaryl/α,β-unsaturated/α-hetero) is 1. The van der Waals surface area contributed by atoms with Crippen molar-refractivity contribution in [2.75, 3.05) is 45.7 Å². The Balaban J connectivity index is 1.31. The first kappa shape index (κ1) is 29.0. The van der Waals surface area contributed by atoms with Crippen molar-refractivity contribution in [3.8, 4) is 5.75 Å². The van der Waals surface area contributed by atoms with E-state index in [0.29, 0.717) is 42.2 Å². The highest BCUT2D eigenvalue weighted by Crippen LogP contribution is 2.46. The van der Waals surface area contributed by atoms with E-state index < -0.39 is 15.6 Å². The van der Waals surface area contributed by atoms with E-state index in [-0.39, 0.29) is 29.4 Å². The van der Waals surface area contributed by atoms with Gasteiger partial charge in [0.05, 0.1) is 17.5 Å². The van der Waals surface area contributed by atoms with Crippen LogP contribution in [-0.4, -0.2) is 80.7 Å². The molecule has 2 aromatic rings. The molecule has 1 aromatic heterocycles. The summed E-state index contributed by atoms with van der Waals surface area (Å²) in [4.78, 5) is 34.6. The highest BCUT2D eigenvalue weighted by Gasteiger charge is 2.56. The monoisotopic (exact) mass is 556 g/mol. The Kier molecular flexibility index (Phi) is 8.66. The second-order valence-electron chi connectivity index (χ2n) is 10.9. The van der Waals surface area contributed by atoms with E-state index in [9.17, 15) is 18.0 Å². The molecule has 1 aromatic carbocycles. The molecule has 2 fully saturated rings. The fraction of sp³-hybridized carbons (Fsp3) is 0.552. The van der Waals surface area contributed by atoms with Crippen molar-refractivity contribution < 1.29 is 22.7 Å². The predicted molar refractivity (Wildman–Crippen MR) is 150 cm³/mol. The number of sulfonamides is 1. The van der Waals surface area contributed by atoms with Gasteiger partial charge in [-0.2, -0.15) is 4.31 Å². The lowest BCUT2D eigenvalue weighted by molar-refractivity contribution is -0.133. The number of ether oxygens (including phenoxy) is 1. The summed E-state index contributed by atoms with van der Waals surface area (Å²) in [7, 11) is 0.904. The molecule has 1 saturated carbocycles. The van der Waals surface area contributed by atoms with Gasteiger partial charge in [0.25, 0.3) is 0 Å². The molecule has 0 unspecified atom stereocenters. The lowest BCUT2D eigenvalue weighted by Gasteiger charge is -2.35. The maximum Gasteiger partial charge on any atom is 0.244 e. The van der Waals surface area contributed by atoms with Gasteiger partial charge in [0, 0.05) is 64.7 Å². The SMILES string of the molecule is COc1cc(C)c(S(=O)(=O)N(C)C2(C(=O)CCC(=O)N(C)CC3CCN(c4ccncc4)CC3)CC2)c(C)c1. The number of pyridine rings is 1. The van der Waals surface area contributed by atoms with E-state index in [4.69, 9.17) is 4.74 Å². The molecule has 212 valence electrons. The molecule has 39 heavy (non-hydrogen) atoms. The van der Waals surface area contributed by atoms with Crippen molar-refractivity contribution >= 4 is 27.4 Å². The molecular formula is C29H40N4O5S. The lowest BCUT2D eigenvalue weighted by atomic mass is 9.95. The molecule has 9 nitrogen and oxygen atoms in total. The van der Waals surface area contributed by atoms with Crippen LogP contribution in [0.4, 0.5) is 5.69 Å². The number of ketones is 1. The fourth-order valence-electron chi connectivity index (χ4n) is 5.75. The molecule has 1 saturated heterocycles. The molecule has 0 radical (unpaired) electrons. The largest absolute Gasteiger partial charge is 0.497 e. The zero-order valence-corrected chi connectivity index (χ0v) is 24.5. The van der Waals surface area contributed by atoms with Gasteiger partial charge in [0.2, 0.25) is 15.9 Å². The van der Waals surface area contributed by atoms with Crippen molar-refractivity contribution in [1.82, 2.24) is 14.2 Å². The van der Waals surface area contributed by atoms with Crippen molar-refractivity contribution in [3.05, 3.63) is 47.8 Å². The van der Waals surface area contributed by atoms with Gasteiger partial charge in [-0.1, -0.05) is 0 Å². The first-order chi connectivity index (χ1) is 18.5. The summed E-state index contributed by atoms with van der Waals surface area (Å²) in [5, 5.41) is 0. The number of benzene rings is 1. The normalized spacial score (nSPS) is 17.2. The summed E-state index contributed by atoms with van der Waals surface area (Å²) in [5.74, 6) is 0.730. The van der Waals surface area contributed by atoms with Crippen molar-refractivity contribution in [3.63, 3.8) is 0 Å². The number of carbonyl (C=O) groups is 2. The Hall–Kier alpha value is -2.98. The van der Waals surface area contributed by atoms with Crippen LogP contribution in [0.25, 0.3) is 0 Å². The van der Waals surface area contributed by atoms with Crippen LogP contribution in [0.15, 0.2) is 41.6 Å². The number of hydrogen-bond acceptors (Lipinski definition) is 7. The van der Waals surface area contributed by atoms with Gasteiger partial charge in [-0.05, 0) is 80.8 Å². The zero-order valence-electron chi connectivity index (χ0n) is 23.6. The van der Waals surface area contributed by atoms with Crippen molar-refractivity contribution in [1.29, 1.82) is 0 Å². The highest BCUT2D eigenvalue weighted by atomic mass is 32.2. The van der Waals surface area contributed by atoms with E-state index in [1.54, 1.807) is 50.3 Å². The number of nitrogens with zero attached hydrogens (tertiary/aromatic N) is 4. The first-order valence-corrected chi connectivity index (χ1v) is 15.0. The molecule has 10 heteroatoms. The number of piperidine rings is 1. The van der Waals surface area contributed by atoms with Gasteiger partial charge >= 0.3 is 0 Å². The molecule has 0 spiro atoms. The van der Waals surface area contributed by atoms with E-state index in [1.165, 1.54) is 24.2 Å². The van der Waals surface area contributed by atoms with Gasteiger partial charge in [-0.15, -0.1) is 0 Å². The minimum Gasteiger partial charge on any atom is -0.497 e. The smallest absolute Gasteiger partial charge is 0.244 e. The number of anilines is 1. The van der Waals surface area contributed by atoms with E-state index in [2.05, 4.69) is 9.88 Å². The summed E-state index contributed by atoms with van der Waals surface area (Å²) in [6.45, 7) is 5.99. The Morgan fingerprint density at radius 3 is 2.18 bits per heavy atom. The van der Waals surface area contributed by atoms with Crippen molar-refractivity contribution in [2.24, 2.45) is 5.92 Å². The maximum atomic E-state index is 13.6. The number of rotatable bonds is 11. The standard InChI is InChI=1S/C29H40N4O5S/c1-21-18-25(38-5)19-22(2)28(21)39(36,37)32(4)29(12-13-29)26(34)6-7-27(35)31(3)20-23-10-16-33(17-11-23)24-8-14-30-15-9-24/h8-9,14-15,18-19,23H,6-7,10-13,16-17,20H2,1-5H3. The summed E-state index contributed by atoms with van der Waals surface area (Å²) in [6, 6.07) is 7.41. The zero-order chi connectivity index (χ0) is 28.4. The minimum absolute atomic E-state index is 0.0318. The van der Waals surface area contributed by atoms with E-state index in [0.717, 1.165) is 25.9 Å². The van der Waals surface area contributed by atoms with Crippen LogP contribution in [0.2, 0.25) is 0 Å². The fourth-order valence-corrected chi connectivity index (χ4v) is 7.70. The van der Waals surface area contributed by atoms with Gasteiger partial charge < -0.3 is 14.5 Å². The summed E-state index contributed by atoms with van der Waals surface area (Å²) < 4.78 is 33.7. The molecule has 0 N–H and O–H groups in total. The second-order valence-corrected chi connectivity index (χ2v) is 12.8. The molecular weight excluding hydrogens is 516 g/mol. The Morgan fingerprint density at radius 1 is 1.05 bits per heavy atom. The number of carbonyl (C=O) groups excluding carboxylic acids is 2. The molecule has 0 bridgehead atoms. The van der Waals surface area contributed by atoms with Crippen LogP contribution >= 0.6 is 0 Å². The third kappa shape index (κ3) is 6.11. The van der Waals surface area contributed by atoms with Crippen LogP contribution in [0.5, 0.6) is 5.75 Å². The second kappa shape index (κ2) is 11.6. The van der Waals surface area contributed by atoms with Crippen LogP contribution in [0, 0.1) is 19.8 Å². The van der Waals surface area contributed by atoms with Gasteiger partial charge in [0.15, 0.2) is 5.78 Å². The van der Waals surface area contributed by atoms with Crippen LogP contribution in [0.1, 0.15) is 49.7 Å². The van der Waals surface area contributed by atoms with Crippen LogP contribution in [0.3, 0.4) is 0 Å². The summed E-state index contributed by atoms with van der Waals surface area (Å²) in [6.07, 6.45) is 6.64. The lowest BCUT2D eigenvalue weighted by Crippen LogP contribution is -2.45.